The molecule has 0 aliphatic heterocycles. The Morgan fingerprint density at radius 2 is 1.92 bits per heavy atom. The molecule has 3 aromatic heterocycles. The summed E-state index contributed by atoms with van der Waals surface area (Å²) in [6, 6.07) is 11.0. The van der Waals surface area contributed by atoms with E-state index in [-0.39, 0.29) is 5.91 Å². The molecule has 0 aliphatic carbocycles. The van der Waals surface area contributed by atoms with E-state index in [0.717, 1.165) is 11.2 Å². The molecule has 1 amide bonds. The van der Waals surface area contributed by atoms with E-state index in [1.165, 1.54) is 12.4 Å². The lowest BCUT2D eigenvalue weighted by atomic mass is 10.1. The lowest BCUT2D eigenvalue weighted by Gasteiger charge is -2.08. The van der Waals surface area contributed by atoms with Crippen LogP contribution in [0.3, 0.4) is 0 Å². The van der Waals surface area contributed by atoms with Gasteiger partial charge in [-0.15, -0.1) is 0 Å². The fourth-order valence-electron chi connectivity index (χ4n) is 2.50. The number of hydrogen-bond donors (Lipinski definition) is 1. The van der Waals surface area contributed by atoms with Gasteiger partial charge in [-0.2, -0.15) is 0 Å². The standard InChI is InChI=1S/C19H15N5O2/c25-19(23-17-12-20-7-8-21-17)15-5-3-14(4-6-15)13-26-16-2-1-10-24-11-9-22-18(16)24/h1-12H,13H2,(H,21,23,25). The number of nitrogens with one attached hydrogen (secondary N) is 1. The molecular weight excluding hydrogens is 330 g/mol. The highest BCUT2D eigenvalue weighted by Gasteiger charge is 2.08. The van der Waals surface area contributed by atoms with Crippen molar-refractivity contribution in [1.82, 2.24) is 19.4 Å². The summed E-state index contributed by atoms with van der Waals surface area (Å²) in [7, 11) is 0. The summed E-state index contributed by atoms with van der Waals surface area (Å²) in [6.07, 6.45) is 10.1. The summed E-state index contributed by atoms with van der Waals surface area (Å²) in [5, 5.41) is 2.70. The molecule has 0 aliphatic rings. The highest BCUT2D eigenvalue weighted by Crippen LogP contribution is 2.19. The van der Waals surface area contributed by atoms with Gasteiger partial charge in [0.05, 0.1) is 6.20 Å². The van der Waals surface area contributed by atoms with Crippen LogP contribution in [0.25, 0.3) is 5.65 Å². The van der Waals surface area contributed by atoms with Crippen molar-refractivity contribution in [2.45, 2.75) is 6.61 Å². The molecule has 128 valence electrons. The van der Waals surface area contributed by atoms with Gasteiger partial charge in [-0.05, 0) is 29.8 Å². The third-order valence-electron chi connectivity index (χ3n) is 3.80. The third kappa shape index (κ3) is 3.36. The molecule has 0 spiro atoms. The van der Waals surface area contributed by atoms with Gasteiger partial charge in [0.2, 0.25) is 0 Å². The molecular formula is C19H15N5O2. The zero-order valence-electron chi connectivity index (χ0n) is 13.7. The van der Waals surface area contributed by atoms with E-state index < -0.39 is 0 Å². The molecule has 1 aromatic carbocycles. The van der Waals surface area contributed by atoms with Crippen LogP contribution < -0.4 is 10.1 Å². The minimum absolute atomic E-state index is 0.236. The Bertz CT molecular complexity index is 1030. The second-order valence-corrected chi connectivity index (χ2v) is 5.56. The Morgan fingerprint density at radius 1 is 1.04 bits per heavy atom. The Morgan fingerprint density at radius 3 is 2.73 bits per heavy atom. The summed E-state index contributed by atoms with van der Waals surface area (Å²) in [6.45, 7) is 0.387. The van der Waals surface area contributed by atoms with Crippen molar-refractivity contribution < 1.29 is 9.53 Å². The molecule has 1 N–H and O–H groups in total. The Hall–Kier alpha value is -3.74. The molecule has 0 unspecified atom stereocenters. The fourth-order valence-corrected chi connectivity index (χ4v) is 2.50. The summed E-state index contributed by atoms with van der Waals surface area (Å²) >= 11 is 0. The van der Waals surface area contributed by atoms with Crippen LogP contribution in [-0.2, 0) is 6.61 Å². The molecule has 0 saturated heterocycles. The minimum Gasteiger partial charge on any atom is -0.485 e. The number of amides is 1. The predicted molar refractivity (Wildman–Crippen MR) is 96.0 cm³/mol. The number of hydrogen-bond acceptors (Lipinski definition) is 5. The van der Waals surface area contributed by atoms with Gasteiger partial charge in [0, 0.05) is 36.5 Å². The van der Waals surface area contributed by atoms with E-state index in [9.17, 15) is 4.79 Å². The van der Waals surface area contributed by atoms with Crippen LogP contribution in [0.15, 0.2) is 73.6 Å². The molecule has 3 heterocycles. The summed E-state index contributed by atoms with van der Waals surface area (Å²) < 4.78 is 7.76. The normalized spacial score (nSPS) is 10.6. The maximum absolute atomic E-state index is 12.2. The van der Waals surface area contributed by atoms with Gasteiger partial charge in [-0.25, -0.2) is 9.97 Å². The molecule has 26 heavy (non-hydrogen) atoms. The molecule has 0 atom stereocenters. The quantitative estimate of drug-likeness (QED) is 0.601. The number of fused-ring (bicyclic) bond motifs is 1. The van der Waals surface area contributed by atoms with E-state index in [1.807, 2.05) is 41.1 Å². The number of imidazole rings is 1. The molecule has 7 heteroatoms. The molecule has 0 fully saturated rings. The first-order valence-electron chi connectivity index (χ1n) is 8.00. The van der Waals surface area contributed by atoms with E-state index in [1.54, 1.807) is 24.5 Å². The van der Waals surface area contributed by atoms with Crippen molar-refractivity contribution in [1.29, 1.82) is 0 Å². The van der Waals surface area contributed by atoms with Crippen molar-refractivity contribution in [3.8, 4) is 5.75 Å². The van der Waals surface area contributed by atoms with Gasteiger partial charge in [0.15, 0.2) is 17.2 Å². The smallest absolute Gasteiger partial charge is 0.256 e. The average molecular weight is 345 g/mol. The van der Waals surface area contributed by atoms with Crippen LogP contribution >= 0.6 is 0 Å². The zero-order chi connectivity index (χ0) is 17.8. The number of anilines is 1. The van der Waals surface area contributed by atoms with E-state index in [4.69, 9.17) is 4.74 Å². The third-order valence-corrected chi connectivity index (χ3v) is 3.80. The second kappa shape index (κ2) is 7.02. The van der Waals surface area contributed by atoms with E-state index >= 15 is 0 Å². The lowest BCUT2D eigenvalue weighted by Crippen LogP contribution is -2.13. The molecule has 0 saturated carbocycles. The number of pyridine rings is 1. The van der Waals surface area contributed by atoms with Crippen molar-refractivity contribution in [2.24, 2.45) is 0 Å². The summed E-state index contributed by atoms with van der Waals surface area (Å²) in [4.78, 5) is 24.4. The monoisotopic (exact) mass is 345 g/mol. The van der Waals surface area contributed by atoms with Gasteiger partial charge >= 0.3 is 0 Å². The van der Waals surface area contributed by atoms with Gasteiger partial charge in [-0.3, -0.25) is 9.78 Å². The van der Waals surface area contributed by atoms with Crippen molar-refractivity contribution in [2.75, 3.05) is 5.32 Å². The van der Waals surface area contributed by atoms with Crippen LogP contribution in [-0.4, -0.2) is 25.3 Å². The maximum Gasteiger partial charge on any atom is 0.256 e. The first-order valence-corrected chi connectivity index (χ1v) is 8.00. The number of aromatic nitrogens is 4. The number of rotatable bonds is 5. The second-order valence-electron chi connectivity index (χ2n) is 5.56. The number of nitrogens with zero attached hydrogens (tertiary/aromatic N) is 4. The fraction of sp³-hybridized carbons (Fsp3) is 0.0526. The first kappa shape index (κ1) is 15.8. The largest absolute Gasteiger partial charge is 0.485 e. The van der Waals surface area contributed by atoms with Crippen LogP contribution in [0.2, 0.25) is 0 Å². The Labute approximate surface area is 149 Å². The predicted octanol–water partition coefficient (Wildman–Crippen LogP) is 2.96. The minimum atomic E-state index is -0.236. The van der Waals surface area contributed by atoms with Crippen LogP contribution in [0.5, 0.6) is 5.75 Å². The lowest BCUT2D eigenvalue weighted by molar-refractivity contribution is 0.102. The van der Waals surface area contributed by atoms with Crippen LogP contribution in [0.4, 0.5) is 5.82 Å². The van der Waals surface area contributed by atoms with Crippen LogP contribution in [0, 0.1) is 0 Å². The number of ether oxygens (including phenoxy) is 1. The average Bonchev–Trinajstić information content (AvgIpc) is 3.17. The number of carbonyl (C=O) groups is 1. The van der Waals surface area contributed by atoms with Gasteiger partial charge < -0.3 is 14.5 Å². The zero-order valence-corrected chi connectivity index (χ0v) is 13.7. The van der Waals surface area contributed by atoms with Crippen LogP contribution in [0.1, 0.15) is 15.9 Å². The molecule has 0 radical (unpaired) electrons. The van der Waals surface area contributed by atoms with Gasteiger partial charge in [0.1, 0.15) is 6.61 Å². The SMILES string of the molecule is O=C(Nc1cnccn1)c1ccc(COc2cccn3ccnc23)cc1. The summed E-state index contributed by atoms with van der Waals surface area (Å²) in [5.41, 5.74) is 2.26. The van der Waals surface area contributed by atoms with E-state index in [0.29, 0.717) is 23.7 Å². The molecule has 4 rings (SSSR count). The van der Waals surface area contributed by atoms with Gasteiger partial charge in [0.25, 0.3) is 5.91 Å². The van der Waals surface area contributed by atoms with Crippen molar-refractivity contribution >= 4 is 17.4 Å². The van der Waals surface area contributed by atoms with Crippen molar-refractivity contribution in [3.05, 3.63) is 84.7 Å². The Kier molecular flexibility index (Phi) is 4.26. The highest BCUT2D eigenvalue weighted by molar-refractivity contribution is 6.03. The molecule has 7 nitrogen and oxygen atoms in total. The molecule has 4 aromatic rings. The topological polar surface area (TPSA) is 81.4 Å². The number of benzene rings is 1. The van der Waals surface area contributed by atoms with Crippen molar-refractivity contribution in [3.63, 3.8) is 0 Å². The van der Waals surface area contributed by atoms with E-state index in [2.05, 4.69) is 20.3 Å². The first-order chi connectivity index (χ1) is 12.8. The number of carbonyl (C=O) groups excluding carboxylic acids is 1. The summed E-state index contributed by atoms with van der Waals surface area (Å²) in [5.74, 6) is 0.889. The van der Waals surface area contributed by atoms with Gasteiger partial charge in [-0.1, -0.05) is 12.1 Å². The maximum atomic E-state index is 12.2. The Balaban J connectivity index is 1.41. The molecule has 0 bridgehead atoms. The highest BCUT2D eigenvalue weighted by atomic mass is 16.5.